The van der Waals surface area contributed by atoms with Crippen molar-refractivity contribution in [2.45, 2.75) is 69.5 Å². The fourth-order valence-electron chi connectivity index (χ4n) is 4.20. The maximum absolute atomic E-state index is 6.56. The zero-order valence-electron chi connectivity index (χ0n) is 9.65. The number of halogens is 1. The average molecular weight is 273 g/mol. The third-order valence-electron chi connectivity index (χ3n) is 5.30. The molecule has 15 heavy (non-hydrogen) atoms. The SMILES string of the molecule is CC1(CBr)CCC2(CCCC23CCC3)O1. The second-order valence-electron chi connectivity index (χ2n) is 6.17. The predicted octanol–water partition coefficient (Wildman–Crippen LogP) is 4.04. The van der Waals surface area contributed by atoms with Crippen LogP contribution in [0.2, 0.25) is 0 Å². The zero-order valence-corrected chi connectivity index (χ0v) is 11.2. The lowest BCUT2D eigenvalue weighted by atomic mass is 9.59. The Morgan fingerprint density at radius 1 is 1.00 bits per heavy atom. The first-order valence-corrected chi connectivity index (χ1v) is 7.52. The van der Waals surface area contributed by atoms with Crippen LogP contribution in [0, 0.1) is 5.41 Å². The fourth-order valence-corrected chi connectivity index (χ4v) is 4.59. The summed E-state index contributed by atoms with van der Waals surface area (Å²) >= 11 is 3.62. The lowest BCUT2D eigenvalue weighted by Crippen LogP contribution is -2.49. The van der Waals surface area contributed by atoms with Gasteiger partial charge >= 0.3 is 0 Å². The van der Waals surface area contributed by atoms with E-state index in [0.29, 0.717) is 5.41 Å². The van der Waals surface area contributed by atoms with Crippen molar-refractivity contribution in [2.75, 3.05) is 5.33 Å². The van der Waals surface area contributed by atoms with Crippen molar-refractivity contribution >= 4 is 15.9 Å². The van der Waals surface area contributed by atoms with E-state index in [0.717, 1.165) is 5.33 Å². The van der Waals surface area contributed by atoms with Crippen LogP contribution in [-0.4, -0.2) is 16.5 Å². The monoisotopic (exact) mass is 272 g/mol. The second kappa shape index (κ2) is 3.22. The lowest BCUT2D eigenvalue weighted by molar-refractivity contribution is -0.164. The first kappa shape index (κ1) is 10.6. The highest BCUT2D eigenvalue weighted by molar-refractivity contribution is 9.09. The normalized spacial score (nSPS) is 47.6. The molecule has 2 unspecified atom stereocenters. The number of alkyl halides is 1. The molecule has 3 rings (SSSR count). The molecule has 2 heteroatoms. The molecular formula is C13H21BrO. The summed E-state index contributed by atoms with van der Waals surface area (Å²) in [4.78, 5) is 0. The highest BCUT2D eigenvalue weighted by atomic mass is 79.9. The van der Waals surface area contributed by atoms with Crippen LogP contribution < -0.4 is 0 Å². The molecule has 0 aromatic heterocycles. The molecule has 0 bridgehead atoms. The number of fused-ring (bicyclic) bond motifs is 1. The Hall–Kier alpha value is 0.440. The minimum atomic E-state index is 0.118. The Morgan fingerprint density at radius 3 is 2.20 bits per heavy atom. The zero-order chi connectivity index (χ0) is 10.6. The molecule has 0 aromatic carbocycles. The Labute approximate surface area is 101 Å². The molecule has 3 aliphatic rings. The van der Waals surface area contributed by atoms with E-state index in [9.17, 15) is 0 Å². The van der Waals surface area contributed by atoms with Crippen LogP contribution in [0.3, 0.4) is 0 Å². The Bertz CT molecular complexity index is 274. The number of hydrogen-bond donors (Lipinski definition) is 0. The highest BCUT2D eigenvalue weighted by Crippen LogP contribution is 2.65. The minimum Gasteiger partial charge on any atom is -0.367 e. The number of ether oxygens (including phenoxy) is 1. The summed E-state index contributed by atoms with van der Waals surface area (Å²) in [6.45, 7) is 2.28. The van der Waals surface area contributed by atoms with Gasteiger partial charge in [-0.1, -0.05) is 22.4 Å². The molecule has 2 spiro atoms. The molecule has 86 valence electrons. The maximum Gasteiger partial charge on any atom is 0.0759 e. The summed E-state index contributed by atoms with van der Waals surface area (Å²) in [6, 6.07) is 0. The van der Waals surface area contributed by atoms with Crippen LogP contribution in [0.4, 0.5) is 0 Å². The Balaban J connectivity index is 1.86. The molecule has 2 saturated carbocycles. The van der Waals surface area contributed by atoms with Gasteiger partial charge in [0.25, 0.3) is 0 Å². The fraction of sp³-hybridized carbons (Fsp3) is 1.00. The lowest BCUT2D eigenvalue weighted by Gasteiger charge is -2.50. The molecule has 0 radical (unpaired) electrons. The molecule has 0 N–H and O–H groups in total. The number of rotatable bonds is 1. The van der Waals surface area contributed by atoms with Crippen molar-refractivity contribution in [1.82, 2.24) is 0 Å². The average Bonchev–Trinajstić information content (AvgIpc) is 2.69. The summed E-state index contributed by atoms with van der Waals surface area (Å²) in [5, 5.41) is 0.998. The summed E-state index contributed by atoms with van der Waals surface area (Å²) in [5.74, 6) is 0. The summed E-state index contributed by atoms with van der Waals surface area (Å²) in [5.41, 5.74) is 1.01. The molecular weight excluding hydrogens is 252 g/mol. The van der Waals surface area contributed by atoms with Gasteiger partial charge in [-0.15, -0.1) is 0 Å². The second-order valence-corrected chi connectivity index (χ2v) is 6.73. The van der Waals surface area contributed by atoms with Gasteiger partial charge in [0, 0.05) is 5.33 Å². The van der Waals surface area contributed by atoms with Crippen LogP contribution in [0.5, 0.6) is 0 Å². The quantitative estimate of drug-likeness (QED) is 0.655. The van der Waals surface area contributed by atoms with Crippen LogP contribution >= 0.6 is 15.9 Å². The molecule has 1 aliphatic heterocycles. The first-order chi connectivity index (χ1) is 7.14. The first-order valence-electron chi connectivity index (χ1n) is 6.40. The molecule has 1 nitrogen and oxygen atoms in total. The topological polar surface area (TPSA) is 9.23 Å². The Morgan fingerprint density at radius 2 is 1.67 bits per heavy atom. The van der Waals surface area contributed by atoms with E-state index in [4.69, 9.17) is 4.74 Å². The van der Waals surface area contributed by atoms with Crippen molar-refractivity contribution in [3.8, 4) is 0 Å². The van der Waals surface area contributed by atoms with Gasteiger partial charge in [0.15, 0.2) is 0 Å². The van der Waals surface area contributed by atoms with Crippen molar-refractivity contribution in [3.05, 3.63) is 0 Å². The van der Waals surface area contributed by atoms with Crippen molar-refractivity contribution in [1.29, 1.82) is 0 Å². The molecule has 0 amide bonds. The standard InChI is InChI=1S/C13H21BrO/c1-11(10-14)8-9-13(15-11)7-3-6-12(13)4-2-5-12/h2-10H2,1H3. The van der Waals surface area contributed by atoms with Gasteiger partial charge in [-0.2, -0.15) is 0 Å². The van der Waals surface area contributed by atoms with Gasteiger partial charge < -0.3 is 4.74 Å². The van der Waals surface area contributed by atoms with Crippen LogP contribution in [-0.2, 0) is 4.74 Å². The smallest absolute Gasteiger partial charge is 0.0759 e. The van der Waals surface area contributed by atoms with Gasteiger partial charge in [-0.05, 0) is 57.3 Å². The molecule has 1 saturated heterocycles. The highest BCUT2D eigenvalue weighted by Gasteiger charge is 2.62. The van der Waals surface area contributed by atoms with Gasteiger partial charge in [-0.3, -0.25) is 0 Å². The van der Waals surface area contributed by atoms with Crippen molar-refractivity contribution < 1.29 is 4.74 Å². The largest absolute Gasteiger partial charge is 0.367 e. The van der Waals surface area contributed by atoms with Gasteiger partial charge in [-0.25, -0.2) is 0 Å². The van der Waals surface area contributed by atoms with Gasteiger partial charge in [0.1, 0.15) is 0 Å². The number of hydrogen-bond acceptors (Lipinski definition) is 1. The van der Waals surface area contributed by atoms with Crippen molar-refractivity contribution in [3.63, 3.8) is 0 Å². The molecule has 2 atom stereocenters. The summed E-state index contributed by atoms with van der Waals surface area (Å²) in [7, 11) is 0. The van der Waals surface area contributed by atoms with E-state index in [1.165, 1.54) is 51.4 Å². The van der Waals surface area contributed by atoms with E-state index in [-0.39, 0.29) is 11.2 Å². The summed E-state index contributed by atoms with van der Waals surface area (Å²) in [6.07, 6.45) is 11.0. The maximum atomic E-state index is 6.56. The molecule has 3 fully saturated rings. The molecule has 2 aliphatic carbocycles. The van der Waals surface area contributed by atoms with Crippen molar-refractivity contribution in [2.24, 2.45) is 5.41 Å². The van der Waals surface area contributed by atoms with E-state index in [1.54, 1.807) is 0 Å². The molecule has 0 aromatic rings. The predicted molar refractivity (Wildman–Crippen MR) is 65.4 cm³/mol. The Kier molecular flexibility index (Phi) is 2.28. The van der Waals surface area contributed by atoms with E-state index in [1.807, 2.05) is 0 Å². The van der Waals surface area contributed by atoms with E-state index < -0.39 is 0 Å². The minimum absolute atomic E-state index is 0.118. The van der Waals surface area contributed by atoms with Gasteiger partial charge in [0.2, 0.25) is 0 Å². The third kappa shape index (κ3) is 1.30. The van der Waals surface area contributed by atoms with E-state index in [2.05, 4.69) is 22.9 Å². The van der Waals surface area contributed by atoms with Crippen LogP contribution in [0.1, 0.15) is 58.3 Å². The van der Waals surface area contributed by atoms with Crippen LogP contribution in [0.15, 0.2) is 0 Å². The van der Waals surface area contributed by atoms with Crippen LogP contribution in [0.25, 0.3) is 0 Å². The third-order valence-corrected chi connectivity index (χ3v) is 6.48. The van der Waals surface area contributed by atoms with Gasteiger partial charge in [0.05, 0.1) is 11.2 Å². The summed E-state index contributed by atoms with van der Waals surface area (Å²) < 4.78 is 6.56. The van der Waals surface area contributed by atoms with E-state index >= 15 is 0 Å². The molecule has 1 heterocycles.